The Morgan fingerprint density at radius 2 is 1.70 bits per heavy atom. The lowest BCUT2D eigenvalue weighted by Gasteiger charge is -2.02. The van der Waals surface area contributed by atoms with Gasteiger partial charge in [-0.15, -0.1) is 12.6 Å². The highest BCUT2D eigenvalue weighted by Gasteiger charge is 2.04. The first kappa shape index (κ1) is 7.08. The molecule has 0 aromatic heterocycles. The fourth-order valence-corrected chi connectivity index (χ4v) is 0.775. The maximum absolute atomic E-state index is 8.96. The van der Waals surface area contributed by atoms with Gasteiger partial charge in [0.05, 0.1) is 10.6 Å². The third-order valence-corrected chi connectivity index (χ3v) is 1.64. The minimum atomic E-state index is -0.0669. The Hall–Kier alpha value is -1.03. The number of hydrogen-bond donors (Lipinski definition) is 4. The van der Waals surface area contributed by atoms with E-state index in [9.17, 15) is 0 Å². The van der Waals surface area contributed by atoms with E-state index < -0.39 is 0 Å². The topological polar surface area (TPSA) is 66.5 Å². The lowest BCUT2D eigenvalue weighted by atomic mass is 10.3. The number of hydrogen-bond acceptors (Lipinski definition) is 4. The van der Waals surface area contributed by atoms with Crippen LogP contribution in [0.4, 0.5) is 5.69 Å². The zero-order valence-corrected chi connectivity index (χ0v) is 5.97. The second kappa shape index (κ2) is 2.30. The summed E-state index contributed by atoms with van der Waals surface area (Å²) < 4.78 is 0. The quantitative estimate of drug-likeness (QED) is 0.196. The second-order valence-electron chi connectivity index (χ2n) is 1.87. The number of rotatable bonds is 0. The van der Waals surface area contributed by atoms with Gasteiger partial charge < -0.3 is 15.9 Å². The molecule has 0 heterocycles. The summed E-state index contributed by atoms with van der Waals surface area (Å²) in [5.41, 5.74) is 5.40. The molecule has 0 aliphatic rings. The van der Waals surface area contributed by atoms with Gasteiger partial charge in [0, 0.05) is 0 Å². The van der Waals surface area contributed by atoms with E-state index in [4.69, 9.17) is 15.9 Å². The molecule has 0 unspecified atom stereocenters. The van der Waals surface area contributed by atoms with Gasteiger partial charge in [-0.1, -0.05) is 0 Å². The molecule has 0 radical (unpaired) electrons. The van der Waals surface area contributed by atoms with Gasteiger partial charge in [0.15, 0.2) is 0 Å². The number of nitrogens with two attached hydrogens (primary N) is 1. The van der Waals surface area contributed by atoms with Crippen LogP contribution in [0.2, 0.25) is 0 Å². The van der Waals surface area contributed by atoms with Crippen LogP contribution in [0.1, 0.15) is 0 Å². The normalized spacial score (nSPS) is 9.70. The van der Waals surface area contributed by atoms with Crippen LogP contribution >= 0.6 is 12.6 Å². The van der Waals surface area contributed by atoms with Gasteiger partial charge in [-0.2, -0.15) is 0 Å². The molecule has 1 aromatic carbocycles. The van der Waals surface area contributed by atoms with Crippen molar-refractivity contribution in [2.75, 3.05) is 5.73 Å². The molecule has 54 valence electrons. The van der Waals surface area contributed by atoms with Gasteiger partial charge >= 0.3 is 0 Å². The Balaban J connectivity index is 3.34. The predicted octanol–water partition coefficient (Wildman–Crippen LogP) is 0.969. The van der Waals surface area contributed by atoms with E-state index in [0.29, 0.717) is 0 Å². The first-order valence-electron chi connectivity index (χ1n) is 2.62. The summed E-state index contributed by atoms with van der Waals surface area (Å²) in [4.78, 5) is 0.208. The van der Waals surface area contributed by atoms with Crippen LogP contribution in [0.3, 0.4) is 0 Å². The molecule has 0 atom stereocenters. The van der Waals surface area contributed by atoms with Crippen molar-refractivity contribution in [1.82, 2.24) is 0 Å². The minimum Gasteiger partial charge on any atom is -0.507 e. The molecule has 1 rings (SSSR count). The van der Waals surface area contributed by atoms with Crippen LogP contribution in [-0.2, 0) is 0 Å². The highest BCUT2D eigenvalue weighted by Crippen LogP contribution is 2.33. The van der Waals surface area contributed by atoms with Crippen molar-refractivity contribution in [2.24, 2.45) is 0 Å². The van der Waals surface area contributed by atoms with Crippen LogP contribution in [0, 0.1) is 0 Å². The van der Waals surface area contributed by atoms with Crippen molar-refractivity contribution in [1.29, 1.82) is 0 Å². The summed E-state index contributed by atoms with van der Waals surface area (Å²) in [7, 11) is 0. The Kier molecular flexibility index (Phi) is 1.63. The highest BCUT2D eigenvalue weighted by molar-refractivity contribution is 7.80. The van der Waals surface area contributed by atoms with Crippen molar-refractivity contribution in [2.45, 2.75) is 4.90 Å². The molecule has 10 heavy (non-hydrogen) atoms. The van der Waals surface area contributed by atoms with E-state index >= 15 is 0 Å². The van der Waals surface area contributed by atoms with E-state index in [1.54, 1.807) is 0 Å². The summed E-state index contributed by atoms with van der Waals surface area (Å²) in [5.74, 6) is -0.0959. The zero-order valence-electron chi connectivity index (χ0n) is 5.07. The first-order chi connectivity index (χ1) is 4.63. The van der Waals surface area contributed by atoms with E-state index in [1.807, 2.05) is 0 Å². The molecule has 0 bridgehead atoms. The lowest BCUT2D eigenvalue weighted by Crippen LogP contribution is -1.87. The van der Waals surface area contributed by atoms with Crippen LogP contribution in [0.5, 0.6) is 11.5 Å². The van der Waals surface area contributed by atoms with E-state index in [1.165, 1.54) is 12.1 Å². The van der Waals surface area contributed by atoms with E-state index in [0.717, 1.165) is 0 Å². The fraction of sp³-hybridized carbons (Fsp3) is 0. The van der Waals surface area contributed by atoms with Crippen LogP contribution < -0.4 is 5.73 Å². The third-order valence-electron chi connectivity index (χ3n) is 1.17. The van der Waals surface area contributed by atoms with Crippen molar-refractivity contribution < 1.29 is 10.2 Å². The number of phenols is 2. The maximum atomic E-state index is 8.96. The number of aromatic hydroxyl groups is 2. The Bertz CT molecular complexity index is 235. The number of anilines is 1. The molecule has 0 amide bonds. The maximum Gasteiger partial charge on any atom is 0.139 e. The average Bonchev–Trinajstić information content (AvgIpc) is 1.93. The molecule has 0 aliphatic carbocycles. The van der Waals surface area contributed by atoms with Crippen LogP contribution in [0.25, 0.3) is 0 Å². The highest BCUT2D eigenvalue weighted by atomic mass is 32.1. The van der Waals surface area contributed by atoms with Gasteiger partial charge in [-0.25, -0.2) is 0 Å². The lowest BCUT2D eigenvalue weighted by molar-refractivity contribution is 0.451. The molecule has 1 aromatic rings. The summed E-state index contributed by atoms with van der Waals surface area (Å²) >= 11 is 3.85. The smallest absolute Gasteiger partial charge is 0.139 e. The van der Waals surface area contributed by atoms with Gasteiger partial charge in [-0.3, -0.25) is 0 Å². The molecule has 0 fully saturated rings. The van der Waals surface area contributed by atoms with Gasteiger partial charge in [0.2, 0.25) is 0 Å². The number of thiol groups is 1. The van der Waals surface area contributed by atoms with Crippen molar-refractivity contribution in [3.8, 4) is 11.5 Å². The molecule has 0 saturated carbocycles. The second-order valence-corrected chi connectivity index (χ2v) is 2.31. The predicted molar refractivity (Wildman–Crippen MR) is 41.4 cm³/mol. The van der Waals surface area contributed by atoms with E-state index in [2.05, 4.69) is 12.6 Å². The average molecular weight is 157 g/mol. The summed E-state index contributed by atoms with van der Waals surface area (Å²) in [5, 5.41) is 17.9. The third kappa shape index (κ3) is 0.974. The Labute approximate surface area is 63.5 Å². The van der Waals surface area contributed by atoms with Crippen molar-refractivity contribution in [3.05, 3.63) is 12.1 Å². The fourth-order valence-electron chi connectivity index (χ4n) is 0.586. The largest absolute Gasteiger partial charge is 0.507 e. The summed E-state index contributed by atoms with van der Waals surface area (Å²) in [6, 6.07) is 2.64. The monoisotopic (exact) mass is 157 g/mol. The first-order valence-corrected chi connectivity index (χ1v) is 3.07. The molecule has 4 N–H and O–H groups in total. The molecule has 0 saturated heterocycles. The Morgan fingerprint density at radius 3 is 2.20 bits per heavy atom. The molecular formula is C6H7NO2S. The van der Waals surface area contributed by atoms with E-state index in [-0.39, 0.29) is 22.1 Å². The molecule has 3 nitrogen and oxygen atoms in total. The van der Waals surface area contributed by atoms with Crippen molar-refractivity contribution >= 4 is 18.3 Å². The Morgan fingerprint density at radius 1 is 1.20 bits per heavy atom. The zero-order chi connectivity index (χ0) is 7.72. The molecular weight excluding hydrogens is 150 g/mol. The van der Waals surface area contributed by atoms with Gasteiger partial charge in [0.25, 0.3) is 0 Å². The van der Waals surface area contributed by atoms with Crippen molar-refractivity contribution in [3.63, 3.8) is 0 Å². The van der Waals surface area contributed by atoms with Gasteiger partial charge in [-0.05, 0) is 12.1 Å². The number of phenolic OH excluding ortho intramolecular Hbond substituents is 2. The summed E-state index contributed by atoms with van der Waals surface area (Å²) in [6.45, 7) is 0. The van der Waals surface area contributed by atoms with Gasteiger partial charge in [0.1, 0.15) is 11.5 Å². The molecule has 0 spiro atoms. The number of nitrogen functional groups attached to an aromatic ring is 1. The minimum absolute atomic E-state index is 0.0290. The molecule has 0 aliphatic heterocycles. The van der Waals surface area contributed by atoms with Crippen LogP contribution in [-0.4, -0.2) is 10.2 Å². The molecule has 4 heteroatoms. The SMILES string of the molecule is Nc1c(O)ccc(O)c1S. The summed E-state index contributed by atoms with van der Waals surface area (Å²) in [6.07, 6.45) is 0. The standard InChI is InChI=1S/C6H7NO2S/c7-5-3(8)1-2-4(9)6(5)10/h1-2,8-10H,7H2. The number of benzene rings is 1. The van der Waals surface area contributed by atoms with Crippen LogP contribution in [0.15, 0.2) is 17.0 Å².